The Balaban J connectivity index is 1.14. The standard InChI is InChI=1S/C37H45ClN8O2S2/c1-20-23(4)49-36-32(20)33(26-13-15-27(38)16-14-26)44-30(34(40)46(36)25(6)39)19-31(47)42-18-9-7-8-17-41-29-12-10-11-28(21(29)2)35(48)45-37-43-22(3)24(5)50-37/h10-16,22,24,30,39-41H,7-9,17-19H2,1-6H3,(H,42,47)(H,43,45,48)/t22?,24?,30-/m0/s1. The van der Waals surface area contributed by atoms with Crippen molar-refractivity contribution >= 4 is 79.8 Å². The summed E-state index contributed by atoms with van der Waals surface area (Å²) in [6, 6.07) is 12.5. The van der Waals surface area contributed by atoms with Crippen molar-refractivity contribution in [2.45, 2.75) is 84.6 Å². The van der Waals surface area contributed by atoms with Crippen molar-refractivity contribution in [1.29, 1.82) is 10.8 Å². The van der Waals surface area contributed by atoms with Crippen LogP contribution in [0.3, 0.4) is 0 Å². The van der Waals surface area contributed by atoms with Gasteiger partial charge in [-0.25, -0.2) is 0 Å². The summed E-state index contributed by atoms with van der Waals surface area (Å²) in [7, 11) is 0. The molecule has 2 aliphatic heterocycles. The highest BCUT2D eigenvalue weighted by molar-refractivity contribution is 8.14. The number of nitrogens with zero attached hydrogens (tertiary/aromatic N) is 3. The van der Waals surface area contributed by atoms with Crippen molar-refractivity contribution in [3.05, 3.63) is 80.2 Å². The van der Waals surface area contributed by atoms with Crippen LogP contribution in [0.15, 0.2) is 52.4 Å². The minimum Gasteiger partial charge on any atom is -0.385 e. The molecule has 2 aromatic carbocycles. The Bertz CT molecular complexity index is 1850. The van der Waals surface area contributed by atoms with E-state index < -0.39 is 6.04 Å². The van der Waals surface area contributed by atoms with Crippen LogP contribution in [-0.2, 0) is 4.79 Å². The Kier molecular flexibility index (Phi) is 12.2. The zero-order valence-corrected chi connectivity index (χ0v) is 31.8. The number of carbonyl (C=O) groups excluding carboxylic acids is 2. The lowest BCUT2D eigenvalue weighted by Crippen LogP contribution is -2.42. The minimum absolute atomic E-state index is 0.00150. The third kappa shape index (κ3) is 8.47. The molecule has 2 aliphatic rings. The summed E-state index contributed by atoms with van der Waals surface area (Å²) in [6.07, 6.45) is 2.60. The Morgan fingerprint density at radius 1 is 0.980 bits per heavy atom. The molecule has 0 fully saturated rings. The van der Waals surface area contributed by atoms with Crippen molar-refractivity contribution < 1.29 is 9.59 Å². The summed E-state index contributed by atoms with van der Waals surface area (Å²) < 4.78 is 0. The Labute approximate surface area is 307 Å². The topological polar surface area (TPSA) is 146 Å². The molecule has 5 rings (SSSR count). The normalized spacial score (nSPS) is 18.6. The number of carbonyl (C=O) groups is 2. The van der Waals surface area contributed by atoms with Crippen molar-refractivity contribution in [3.8, 4) is 0 Å². The van der Waals surface area contributed by atoms with Crippen LogP contribution in [0.4, 0.5) is 10.7 Å². The first-order chi connectivity index (χ1) is 23.8. The summed E-state index contributed by atoms with van der Waals surface area (Å²) in [5, 5.41) is 29.5. The van der Waals surface area contributed by atoms with E-state index in [-0.39, 0.29) is 35.9 Å². The van der Waals surface area contributed by atoms with Gasteiger partial charge in [-0.3, -0.25) is 35.3 Å². The van der Waals surface area contributed by atoms with E-state index in [1.807, 2.05) is 63.2 Å². The molecule has 3 aromatic rings. The number of halogens is 1. The van der Waals surface area contributed by atoms with E-state index >= 15 is 0 Å². The molecule has 0 aliphatic carbocycles. The summed E-state index contributed by atoms with van der Waals surface area (Å²) in [6.45, 7) is 13.1. The number of fused-ring (bicyclic) bond motifs is 1. The van der Waals surface area contributed by atoms with Gasteiger partial charge in [0, 0.05) is 50.6 Å². The number of hydrogen-bond donors (Lipinski definition) is 5. The largest absolute Gasteiger partial charge is 0.385 e. The van der Waals surface area contributed by atoms with Gasteiger partial charge in [0.2, 0.25) is 5.91 Å². The third-order valence-corrected chi connectivity index (χ3v) is 11.7. The van der Waals surface area contributed by atoms with Crippen LogP contribution >= 0.6 is 34.7 Å². The molecule has 0 radical (unpaired) electrons. The van der Waals surface area contributed by atoms with Crippen LogP contribution in [0, 0.1) is 31.6 Å². The first-order valence-electron chi connectivity index (χ1n) is 16.9. The second kappa shape index (κ2) is 16.3. The highest BCUT2D eigenvalue weighted by Crippen LogP contribution is 2.40. The summed E-state index contributed by atoms with van der Waals surface area (Å²) in [5.74, 6) is -0.0224. The van der Waals surface area contributed by atoms with E-state index in [2.05, 4.69) is 34.8 Å². The molecular formula is C37H45ClN8O2S2. The second-order valence-corrected chi connectivity index (χ2v) is 15.7. The number of thioether (sulfide) groups is 1. The smallest absolute Gasteiger partial charge is 0.257 e. The molecule has 3 atom stereocenters. The van der Waals surface area contributed by atoms with Crippen molar-refractivity contribution in [1.82, 2.24) is 10.6 Å². The van der Waals surface area contributed by atoms with Crippen LogP contribution in [-0.4, -0.2) is 64.8 Å². The van der Waals surface area contributed by atoms with Crippen LogP contribution in [0.5, 0.6) is 0 Å². The van der Waals surface area contributed by atoms with Gasteiger partial charge in [-0.05, 0) is 89.3 Å². The van der Waals surface area contributed by atoms with Gasteiger partial charge in [0.25, 0.3) is 5.91 Å². The van der Waals surface area contributed by atoms with Gasteiger partial charge in [-0.2, -0.15) is 0 Å². The average Bonchev–Trinajstić information content (AvgIpc) is 3.49. The van der Waals surface area contributed by atoms with Gasteiger partial charge in [0.15, 0.2) is 5.17 Å². The number of unbranched alkanes of at least 4 members (excludes halogenated alkanes) is 2. The van der Waals surface area contributed by atoms with Crippen LogP contribution in [0.25, 0.3) is 0 Å². The molecule has 50 heavy (non-hydrogen) atoms. The molecule has 2 unspecified atom stereocenters. The van der Waals surface area contributed by atoms with Crippen LogP contribution in [0.1, 0.15) is 83.9 Å². The monoisotopic (exact) mass is 732 g/mol. The van der Waals surface area contributed by atoms with Crippen molar-refractivity contribution in [3.63, 3.8) is 0 Å². The predicted molar refractivity (Wildman–Crippen MR) is 211 cm³/mol. The summed E-state index contributed by atoms with van der Waals surface area (Å²) >= 11 is 9.31. The van der Waals surface area contributed by atoms with E-state index in [4.69, 9.17) is 27.4 Å². The SMILES string of the molecule is CC(=N)N1C(=N)[C@H](CC(=O)NCCCCCNc2cccc(C(=O)NC3=NC(C)C(C)S3)c2C)N=C(c2ccc(Cl)cc2)c2c1sc(C)c2C. The molecule has 1 aromatic heterocycles. The fourth-order valence-corrected chi connectivity index (χ4v) is 8.25. The number of amides is 2. The Morgan fingerprint density at radius 2 is 1.70 bits per heavy atom. The predicted octanol–water partition coefficient (Wildman–Crippen LogP) is 7.73. The minimum atomic E-state index is -0.761. The lowest BCUT2D eigenvalue weighted by molar-refractivity contribution is -0.121. The zero-order chi connectivity index (χ0) is 36.1. The van der Waals surface area contributed by atoms with E-state index in [1.165, 1.54) is 11.3 Å². The Hall–Kier alpha value is -4.00. The number of anilines is 2. The number of aryl methyl sites for hydroxylation is 1. The highest BCUT2D eigenvalue weighted by Gasteiger charge is 2.35. The first kappa shape index (κ1) is 37.3. The maximum absolute atomic E-state index is 13.2. The van der Waals surface area contributed by atoms with Crippen LogP contribution < -0.4 is 20.9 Å². The molecule has 0 saturated carbocycles. The van der Waals surface area contributed by atoms with E-state index in [0.717, 1.165) is 63.6 Å². The van der Waals surface area contributed by atoms with Gasteiger partial charge in [-0.15, -0.1) is 11.3 Å². The van der Waals surface area contributed by atoms with Crippen LogP contribution in [0.2, 0.25) is 5.02 Å². The van der Waals surface area contributed by atoms with Gasteiger partial charge in [0.05, 0.1) is 18.2 Å². The quantitative estimate of drug-likeness (QED) is 0.0779. The number of hydrogen-bond acceptors (Lipinski definition) is 9. The van der Waals surface area contributed by atoms with Crippen molar-refractivity contribution in [2.75, 3.05) is 23.3 Å². The van der Waals surface area contributed by atoms with E-state index in [0.29, 0.717) is 33.3 Å². The molecule has 13 heteroatoms. The van der Waals surface area contributed by atoms with Crippen molar-refractivity contribution in [2.24, 2.45) is 9.98 Å². The fourth-order valence-electron chi connectivity index (χ4n) is 5.91. The fraction of sp³-hybridized carbons (Fsp3) is 0.405. The lowest BCUT2D eigenvalue weighted by atomic mass is 9.99. The molecule has 2 amide bonds. The first-order valence-corrected chi connectivity index (χ1v) is 19.0. The lowest BCUT2D eigenvalue weighted by Gasteiger charge is -2.24. The molecular weight excluding hydrogens is 688 g/mol. The van der Waals surface area contributed by atoms with E-state index in [9.17, 15) is 9.59 Å². The number of rotatable bonds is 11. The molecule has 264 valence electrons. The summed E-state index contributed by atoms with van der Waals surface area (Å²) in [5.41, 5.74) is 5.92. The number of amidine groups is 3. The highest BCUT2D eigenvalue weighted by atomic mass is 35.5. The maximum Gasteiger partial charge on any atom is 0.257 e. The number of aliphatic imine (C=N–C) groups is 2. The third-order valence-electron chi connectivity index (χ3n) is 9.07. The number of benzene rings is 2. The number of nitrogens with one attached hydrogen (secondary N) is 5. The molecule has 5 N–H and O–H groups in total. The molecule has 0 saturated heterocycles. The maximum atomic E-state index is 13.2. The molecule has 3 heterocycles. The van der Waals surface area contributed by atoms with Gasteiger partial charge >= 0.3 is 0 Å². The second-order valence-electron chi connectivity index (χ2n) is 12.7. The molecule has 0 spiro atoms. The van der Waals surface area contributed by atoms with Gasteiger partial charge in [0.1, 0.15) is 22.7 Å². The van der Waals surface area contributed by atoms with E-state index in [1.54, 1.807) is 23.6 Å². The number of thiophene rings is 1. The van der Waals surface area contributed by atoms with Gasteiger partial charge < -0.3 is 16.0 Å². The molecule has 10 nitrogen and oxygen atoms in total. The average molecular weight is 733 g/mol. The van der Waals surface area contributed by atoms with Gasteiger partial charge in [-0.1, -0.05) is 48.5 Å². The molecule has 0 bridgehead atoms. The zero-order valence-electron chi connectivity index (χ0n) is 29.4. The summed E-state index contributed by atoms with van der Waals surface area (Å²) in [4.78, 5) is 38.4. The Morgan fingerprint density at radius 3 is 2.38 bits per heavy atom.